The molecule has 1 aromatic carbocycles. The molecule has 0 saturated carbocycles. The van der Waals surface area contributed by atoms with Gasteiger partial charge in [-0.3, -0.25) is 4.79 Å². The molecule has 0 bridgehead atoms. The number of aliphatic hydroxyl groups is 1. The lowest BCUT2D eigenvalue weighted by molar-refractivity contribution is 0.0944. The predicted molar refractivity (Wildman–Crippen MR) is 69.2 cm³/mol. The molecule has 19 heavy (non-hydrogen) atoms. The molecule has 4 nitrogen and oxygen atoms in total. The monoisotopic (exact) mass is 265 g/mol. The Balaban J connectivity index is 2.72. The van der Waals surface area contributed by atoms with Crippen LogP contribution in [-0.4, -0.2) is 37.9 Å². The zero-order chi connectivity index (χ0) is 14.1. The number of rotatable bonds is 5. The van der Waals surface area contributed by atoms with E-state index in [1.54, 1.807) is 7.11 Å². The first-order chi connectivity index (χ1) is 9.19. The summed E-state index contributed by atoms with van der Waals surface area (Å²) in [6, 6.07) is 4.01. The van der Waals surface area contributed by atoms with E-state index >= 15 is 0 Å². The molecule has 1 amide bonds. The third-order valence-corrected chi connectivity index (χ3v) is 2.33. The molecule has 0 aliphatic carbocycles. The van der Waals surface area contributed by atoms with Crippen LogP contribution in [0.15, 0.2) is 18.2 Å². The number of halogens is 1. The van der Waals surface area contributed by atoms with Crippen molar-refractivity contribution in [3.63, 3.8) is 0 Å². The minimum atomic E-state index is -0.598. The fourth-order valence-electron chi connectivity index (χ4n) is 1.43. The van der Waals surface area contributed by atoms with Gasteiger partial charge in [0.1, 0.15) is 12.4 Å². The molecule has 0 aromatic heterocycles. The number of aliphatic hydroxyl groups excluding tert-OH is 1. The van der Waals surface area contributed by atoms with Crippen molar-refractivity contribution in [2.24, 2.45) is 0 Å². The third-order valence-electron chi connectivity index (χ3n) is 2.33. The predicted octanol–water partition coefficient (Wildman–Crippen LogP) is 0.936. The zero-order valence-electron chi connectivity index (χ0n) is 10.7. The van der Waals surface area contributed by atoms with Crippen LogP contribution in [0, 0.1) is 17.7 Å². The summed E-state index contributed by atoms with van der Waals surface area (Å²) >= 11 is 0. The number of methoxy groups -OCH3 is 1. The molecule has 102 valence electrons. The van der Waals surface area contributed by atoms with Gasteiger partial charge in [0, 0.05) is 25.8 Å². The highest BCUT2D eigenvalue weighted by Crippen LogP contribution is 2.10. The Morgan fingerprint density at radius 3 is 3.00 bits per heavy atom. The third kappa shape index (κ3) is 5.08. The number of amides is 1. The summed E-state index contributed by atoms with van der Waals surface area (Å²) in [7, 11) is 1.57. The molecule has 0 heterocycles. The molecule has 0 radical (unpaired) electrons. The number of hydrogen-bond donors (Lipinski definition) is 2. The maximum Gasteiger partial charge on any atom is 0.254 e. The van der Waals surface area contributed by atoms with Gasteiger partial charge in [-0.25, -0.2) is 4.39 Å². The maximum absolute atomic E-state index is 13.5. The van der Waals surface area contributed by atoms with Gasteiger partial charge in [0.15, 0.2) is 0 Å². The number of carbonyl (C=O) groups is 1. The second kappa shape index (κ2) is 8.25. The first-order valence-electron chi connectivity index (χ1n) is 5.85. The van der Waals surface area contributed by atoms with Crippen LogP contribution in [0.4, 0.5) is 4.39 Å². The lowest BCUT2D eigenvalue weighted by atomic mass is 10.1. The highest BCUT2D eigenvalue weighted by Gasteiger charge is 2.11. The normalized spacial score (nSPS) is 9.63. The number of nitrogens with one attached hydrogen (secondary N) is 1. The second-order valence-electron chi connectivity index (χ2n) is 3.76. The van der Waals surface area contributed by atoms with Crippen LogP contribution in [0.5, 0.6) is 0 Å². The van der Waals surface area contributed by atoms with Crippen molar-refractivity contribution in [1.82, 2.24) is 5.32 Å². The molecule has 2 N–H and O–H groups in total. The molecule has 0 aliphatic rings. The Morgan fingerprint density at radius 1 is 1.53 bits per heavy atom. The van der Waals surface area contributed by atoms with Crippen molar-refractivity contribution in [2.45, 2.75) is 6.42 Å². The van der Waals surface area contributed by atoms with Crippen molar-refractivity contribution in [3.05, 3.63) is 35.1 Å². The van der Waals surface area contributed by atoms with Crippen LogP contribution < -0.4 is 5.32 Å². The van der Waals surface area contributed by atoms with Crippen LogP contribution in [0.25, 0.3) is 0 Å². The van der Waals surface area contributed by atoms with Crippen molar-refractivity contribution >= 4 is 5.91 Å². The topological polar surface area (TPSA) is 58.6 Å². The van der Waals surface area contributed by atoms with Crippen LogP contribution in [0.1, 0.15) is 22.3 Å². The number of carbonyl (C=O) groups excluding carboxylic acids is 1. The highest BCUT2D eigenvalue weighted by atomic mass is 19.1. The molecular formula is C14H16FNO3. The van der Waals surface area contributed by atoms with Gasteiger partial charge < -0.3 is 15.2 Å². The van der Waals surface area contributed by atoms with Gasteiger partial charge in [0.25, 0.3) is 5.91 Å². The van der Waals surface area contributed by atoms with Gasteiger partial charge in [-0.15, -0.1) is 0 Å². The largest absolute Gasteiger partial charge is 0.385 e. The SMILES string of the molecule is COCCCNC(=O)c1cc(C#CCO)ccc1F. The molecule has 0 unspecified atom stereocenters. The minimum absolute atomic E-state index is 0.0536. The van der Waals surface area contributed by atoms with Gasteiger partial charge in [0.05, 0.1) is 5.56 Å². The Kier molecular flexibility index (Phi) is 6.58. The van der Waals surface area contributed by atoms with Gasteiger partial charge in [0.2, 0.25) is 0 Å². The summed E-state index contributed by atoms with van der Waals surface area (Å²) in [5, 5.41) is 11.2. The molecule has 1 rings (SSSR count). The lowest BCUT2D eigenvalue weighted by Gasteiger charge is -2.06. The minimum Gasteiger partial charge on any atom is -0.385 e. The molecule has 0 atom stereocenters. The van der Waals surface area contributed by atoms with Crippen molar-refractivity contribution < 1.29 is 19.0 Å². The Morgan fingerprint density at radius 2 is 2.32 bits per heavy atom. The molecule has 0 aliphatic heterocycles. The van der Waals surface area contributed by atoms with Crippen LogP contribution in [0.3, 0.4) is 0 Å². The van der Waals surface area contributed by atoms with Gasteiger partial charge in [-0.2, -0.15) is 0 Å². The average molecular weight is 265 g/mol. The highest BCUT2D eigenvalue weighted by molar-refractivity contribution is 5.94. The fraction of sp³-hybridized carbons (Fsp3) is 0.357. The molecule has 5 heteroatoms. The second-order valence-corrected chi connectivity index (χ2v) is 3.76. The quantitative estimate of drug-likeness (QED) is 0.615. The first kappa shape index (κ1) is 15.2. The summed E-state index contributed by atoms with van der Waals surface area (Å²) in [4.78, 5) is 11.8. The Bertz CT molecular complexity index is 491. The van der Waals surface area contributed by atoms with Gasteiger partial charge in [-0.1, -0.05) is 11.8 Å². The molecule has 0 fully saturated rings. The Labute approximate surface area is 111 Å². The van der Waals surface area contributed by atoms with Crippen LogP contribution >= 0.6 is 0 Å². The van der Waals surface area contributed by atoms with Gasteiger partial charge in [-0.05, 0) is 24.6 Å². The van der Waals surface area contributed by atoms with E-state index in [1.165, 1.54) is 18.2 Å². The van der Waals surface area contributed by atoms with Crippen molar-refractivity contribution in [2.75, 3.05) is 26.9 Å². The number of benzene rings is 1. The van der Waals surface area contributed by atoms with Gasteiger partial charge >= 0.3 is 0 Å². The summed E-state index contributed by atoms with van der Waals surface area (Å²) in [5.41, 5.74) is 0.430. The smallest absolute Gasteiger partial charge is 0.254 e. The van der Waals surface area contributed by atoms with E-state index in [-0.39, 0.29) is 12.2 Å². The zero-order valence-corrected chi connectivity index (χ0v) is 10.7. The van der Waals surface area contributed by atoms with Crippen molar-refractivity contribution in [3.8, 4) is 11.8 Å². The molecular weight excluding hydrogens is 249 g/mol. The summed E-state index contributed by atoms with van der Waals surface area (Å²) < 4.78 is 18.4. The van der Waals surface area contributed by atoms with E-state index in [0.29, 0.717) is 25.1 Å². The van der Waals surface area contributed by atoms with Crippen LogP contribution in [0.2, 0.25) is 0 Å². The number of hydrogen-bond acceptors (Lipinski definition) is 3. The maximum atomic E-state index is 13.5. The van der Waals surface area contributed by atoms with Crippen LogP contribution in [-0.2, 0) is 4.74 Å². The van der Waals surface area contributed by atoms with E-state index in [2.05, 4.69) is 17.2 Å². The standard InChI is InChI=1S/C14H16FNO3/c1-19-9-3-7-16-14(18)12-10-11(4-2-8-17)5-6-13(12)15/h5-6,10,17H,3,7-9H2,1H3,(H,16,18). The van der Waals surface area contributed by atoms with E-state index in [4.69, 9.17) is 9.84 Å². The summed E-state index contributed by atoms with van der Waals surface area (Å²) in [6.45, 7) is 0.666. The van der Waals surface area contributed by atoms with Crippen molar-refractivity contribution in [1.29, 1.82) is 0 Å². The van der Waals surface area contributed by atoms with E-state index < -0.39 is 11.7 Å². The fourth-order valence-corrected chi connectivity index (χ4v) is 1.43. The molecule has 0 saturated heterocycles. The molecule has 0 spiro atoms. The lowest BCUT2D eigenvalue weighted by Crippen LogP contribution is -2.26. The summed E-state index contributed by atoms with van der Waals surface area (Å²) in [6.07, 6.45) is 0.661. The molecule has 1 aromatic rings. The summed E-state index contributed by atoms with van der Waals surface area (Å²) in [5.74, 6) is 3.99. The first-order valence-corrected chi connectivity index (χ1v) is 5.85. The van der Waals surface area contributed by atoms with E-state index in [1.807, 2.05) is 0 Å². The van der Waals surface area contributed by atoms with E-state index in [9.17, 15) is 9.18 Å². The average Bonchev–Trinajstić information content (AvgIpc) is 2.42. The van der Waals surface area contributed by atoms with E-state index in [0.717, 1.165) is 0 Å². The number of ether oxygens (including phenoxy) is 1. The Hall–Kier alpha value is -1.90.